The first-order chi connectivity index (χ1) is 18.4. The van der Waals surface area contributed by atoms with Crippen LogP contribution in [0.3, 0.4) is 0 Å². The number of hydrogen-bond acceptors (Lipinski definition) is 4. The van der Waals surface area contributed by atoms with Crippen LogP contribution in [0.1, 0.15) is 32.9 Å². The van der Waals surface area contributed by atoms with Gasteiger partial charge < -0.3 is 4.57 Å². The van der Waals surface area contributed by atoms with Crippen LogP contribution in [0.15, 0.2) is 77.9 Å². The van der Waals surface area contributed by atoms with E-state index < -0.39 is 15.9 Å². The van der Waals surface area contributed by atoms with E-state index in [4.69, 9.17) is 34.8 Å². The van der Waals surface area contributed by atoms with Crippen molar-refractivity contribution in [1.82, 2.24) is 9.99 Å². The number of carbonyl (C=O) groups excluding carboxylic acids is 1. The molecular weight excluding hydrogens is 579 g/mol. The third-order valence-electron chi connectivity index (χ3n) is 6.05. The minimum Gasteiger partial charge on any atom is -0.316 e. The van der Waals surface area contributed by atoms with Crippen LogP contribution in [0.5, 0.6) is 0 Å². The molecule has 1 amide bonds. The standard InChI is InChI=1S/C28H25Cl3N4O3S/c1-18-14-22(19(2)35(18)27-15-24(30)10-13-26(27)31)16-32-33-28(36)21-6-11-25(12-7-21)34(39(3,37)38)17-20-4-8-23(29)9-5-20/h4-16H,17H2,1-3H3,(H,33,36)/b32-16+. The fraction of sp³-hybridized carbons (Fsp3) is 0.143. The van der Waals surface area contributed by atoms with Crippen LogP contribution in [0.4, 0.5) is 5.69 Å². The minimum absolute atomic E-state index is 0.130. The molecular formula is C28H25Cl3N4O3S. The van der Waals surface area contributed by atoms with Gasteiger partial charge in [0.1, 0.15) is 0 Å². The predicted molar refractivity (Wildman–Crippen MR) is 159 cm³/mol. The van der Waals surface area contributed by atoms with E-state index in [2.05, 4.69) is 10.5 Å². The lowest BCUT2D eigenvalue weighted by atomic mass is 10.2. The number of anilines is 1. The highest BCUT2D eigenvalue weighted by atomic mass is 35.5. The van der Waals surface area contributed by atoms with E-state index in [0.29, 0.717) is 26.3 Å². The van der Waals surface area contributed by atoms with Crippen LogP contribution in [0.25, 0.3) is 5.69 Å². The number of amides is 1. The van der Waals surface area contributed by atoms with Gasteiger partial charge in [-0.15, -0.1) is 0 Å². The number of aryl methyl sites for hydroxylation is 1. The number of sulfonamides is 1. The molecule has 202 valence electrons. The van der Waals surface area contributed by atoms with Crippen LogP contribution in [-0.2, 0) is 16.6 Å². The summed E-state index contributed by atoms with van der Waals surface area (Å²) in [6.07, 6.45) is 2.69. The highest BCUT2D eigenvalue weighted by molar-refractivity contribution is 7.92. The van der Waals surface area contributed by atoms with Crippen molar-refractivity contribution in [2.24, 2.45) is 5.10 Å². The molecule has 3 aromatic carbocycles. The summed E-state index contributed by atoms with van der Waals surface area (Å²) >= 11 is 18.5. The SMILES string of the molecule is Cc1cc(/C=N/NC(=O)c2ccc(N(Cc3ccc(Cl)cc3)S(C)(=O)=O)cc2)c(C)n1-c1cc(Cl)ccc1Cl. The minimum atomic E-state index is -3.58. The summed E-state index contributed by atoms with van der Waals surface area (Å²) in [5.41, 5.74) is 7.40. The molecule has 11 heteroatoms. The van der Waals surface area contributed by atoms with Crippen LogP contribution >= 0.6 is 34.8 Å². The number of aromatic nitrogens is 1. The lowest BCUT2D eigenvalue weighted by Gasteiger charge is -2.22. The Morgan fingerprint density at radius 1 is 0.949 bits per heavy atom. The number of hydrazone groups is 1. The number of rotatable bonds is 8. The number of nitrogens with one attached hydrogen (secondary N) is 1. The largest absolute Gasteiger partial charge is 0.316 e. The van der Waals surface area contributed by atoms with Crippen molar-refractivity contribution in [3.63, 3.8) is 0 Å². The summed E-state index contributed by atoms with van der Waals surface area (Å²) < 4.78 is 28.2. The van der Waals surface area contributed by atoms with Gasteiger partial charge in [-0.2, -0.15) is 5.10 Å². The molecule has 0 aliphatic rings. The lowest BCUT2D eigenvalue weighted by Crippen LogP contribution is -2.29. The monoisotopic (exact) mass is 602 g/mol. The molecule has 4 aromatic rings. The first-order valence-corrected chi connectivity index (χ1v) is 14.7. The van der Waals surface area contributed by atoms with Gasteiger partial charge in [0.25, 0.3) is 5.91 Å². The predicted octanol–water partition coefficient (Wildman–Crippen LogP) is 6.78. The average molecular weight is 604 g/mol. The third-order valence-corrected chi connectivity index (χ3v) is 7.99. The second-order valence-corrected chi connectivity index (χ2v) is 12.1. The number of benzene rings is 3. The molecule has 0 saturated carbocycles. The second-order valence-electron chi connectivity index (χ2n) is 8.90. The van der Waals surface area contributed by atoms with E-state index in [9.17, 15) is 13.2 Å². The molecule has 0 radical (unpaired) electrons. The van der Waals surface area contributed by atoms with Crippen molar-refractivity contribution >= 4 is 62.6 Å². The second kappa shape index (κ2) is 11.8. The molecule has 0 bridgehead atoms. The topological polar surface area (TPSA) is 83.8 Å². The molecule has 39 heavy (non-hydrogen) atoms. The van der Waals surface area contributed by atoms with Crippen LogP contribution in [0, 0.1) is 13.8 Å². The fourth-order valence-electron chi connectivity index (χ4n) is 4.11. The van der Waals surface area contributed by atoms with Crippen molar-refractivity contribution in [3.05, 3.63) is 116 Å². The number of nitrogens with zero attached hydrogens (tertiary/aromatic N) is 3. The first-order valence-electron chi connectivity index (χ1n) is 11.7. The summed E-state index contributed by atoms with van der Waals surface area (Å²) in [6.45, 7) is 3.99. The maximum Gasteiger partial charge on any atom is 0.271 e. The summed E-state index contributed by atoms with van der Waals surface area (Å²) in [5.74, 6) is -0.437. The van der Waals surface area contributed by atoms with Gasteiger partial charge in [-0.05, 0) is 80.1 Å². The maximum absolute atomic E-state index is 12.7. The smallest absolute Gasteiger partial charge is 0.271 e. The zero-order valence-electron chi connectivity index (χ0n) is 21.3. The Morgan fingerprint density at radius 2 is 1.59 bits per heavy atom. The van der Waals surface area contributed by atoms with E-state index in [-0.39, 0.29) is 6.54 Å². The highest BCUT2D eigenvalue weighted by Crippen LogP contribution is 2.28. The Kier molecular flexibility index (Phi) is 8.71. The van der Waals surface area contributed by atoms with Crippen molar-refractivity contribution in [2.45, 2.75) is 20.4 Å². The van der Waals surface area contributed by atoms with E-state index in [1.807, 2.05) is 24.5 Å². The van der Waals surface area contributed by atoms with Gasteiger partial charge in [-0.1, -0.05) is 46.9 Å². The molecule has 0 spiro atoms. The van der Waals surface area contributed by atoms with Gasteiger partial charge in [-0.25, -0.2) is 13.8 Å². The molecule has 7 nitrogen and oxygen atoms in total. The van der Waals surface area contributed by atoms with E-state index >= 15 is 0 Å². The molecule has 0 saturated heterocycles. The molecule has 0 unspecified atom stereocenters. The summed E-state index contributed by atoms with van der Waals surface area (Å²) in [7, 11) is -3.58. The van der Waals surface area contributed by atoms with Crippen LogP contribution < -0.4 is 9.73 Å². The molecule has 4 rings (SSSR count). The van der Waals surface area contributed by atoms with Crippen molar-refractivity contribution in [3.8, 4) is 5.69 Å². The Morgan fingerprint density at radius 3 is 2.23 bits per heavy atom. The Labute approximate surface area is 242 Å². The Balaban J connectivity index is 1.48. The Bertz CT molecular complexity index is 1650. The van der Waals surface area contributed by atoms with E-state index in [1.54, 1.807) is 72.9 Å². The molecule has 0 fully saturated rings. The van der Waals surface area contributed by atoms with Gasteiger partial charge in [0.05, 0.1) is 35.4 Å². The molecule has 0 atom stereocenters. The summed E-state index contributed by atoms with van der Waals surface area (Å²) in [5, 5.41) is 5.81. The van der Waals surface area contributed by atoms with Crippen molar-refractivity contribution in [2.75, 3.05) is 10.6 Å². The maximum atomic E-state index is 12.7. The third kappa shape index (κ3) is 6.83. The zero-order valence-corrected chi connectivity index (χ0v) is 24.4. The molecule has 1 heterocycles. The lowest BCUT2D eigenvalue weighted by molar-refractivity contribution is 0.0955. The van der Waals surface area contributed by atoms with Gasteiger partial charge in [0, 0.05) is 32.6 Å². The van der Waals surface area contributed by atoms with Crippen molar-refractivity contribution in [1.29, 1.82) is 0 Å². The molecule has 1 aromatic heterocycles. The van der Waals surface area contributed by atoms with E-state index in [0.717, 1.165) is 34.5 Å². The van der Waals surface area contributed by atoms with Gasteiger partial charge in [0.2, 0.25) is 10.0 Å². The van der Waals surface area contributed by atoms with Crippen LogP contribution in [0.2, 0.25) is 15.1 Å². The number of carbonyl (C=O) groups is 1. The van der Waals surface area contributed by atoms with Crippen LogP contribution in [-0.4, -0.2) is 31.4 Å². The average Bonchev–Trinajstić information content (AvgIpc) is 3.17. The van der Waals surface area contributed by atoms with Crippen molar-refractivity contribution < 1.29 is 13.2 Å². The quantitative estimate of drug-likeness (QED) is 0.178. The number of hydrogen-bond donors (Lipinski definition) is 1. The van der Waals surface area contributed by atoms with Gasteiger partial charge >= 0.3 is 0 Å². The molecule has 0 aliphatic carbocycles. The van der Waals surface area contributed by atoms with Gasteiger partial charge in [0.15, 0.2) is 0 Å². The summed E-state index contributed by atoms with van der Waals surface area (Å²) in [6, 6.07) is 20.4. The van der Waals surface area contributed by atoms with Gasteiger partial charge in [-0.3, -0.25) is 9.10 Å². The highest BCUT2D eigenvalue weighted by Gasteiger charge is 2.19. The number of halogens is 3. The zero-order chi connectivity index (χ0) is 28.3. The normalized spacial score (nSPS) is 11.6. The molecule has 1 N–H and O–H groups in total. The van der Waals surface area contributed by atoms with E-state index in [1.165, 1.54) is 4.31 Å². The Hall–Kier alpha value is -3.30. The summed E-state index contributed by atoms with van der Waals surface area (Å²) in [4.78, 5) is 12.7. The first kappa shape index (κ1) is 28.7. The molecule has 0 aliphatic heterocycles. The fourth-order valence-corrected chi connectivity index (χ4v) is 5.49.